The summed E-state index contributed by atoms with van der Waals surface area (Å²) >= 11 is 1.83. The zero-order chi connectivity index (χ0) is 19.5. The zero-order valence-corrected chi connectivity index (χ0v) is 17.4. The van der Waals surface area contributed by atoms with Gasteiger partial charge in [0.1, 0.15) is 18.0 Å². The van der Waals surface area contributed by atoms with E-state index in [4.69, 9.17) is 4.74 Å². The quantitative estimate of drug-likeness (QED) is 0.698. The maximum atomic E-state index is 5.46. The Balaban J connectivity index is 1.23. The Kier molecular flexibility index (Phi) is 5.60. The van der Waals surface area contributed by atoms with Crippen molar-refractivity contribution in [3.05, 3.63) is 47.6 Å². The highest BCUT2D eigenvalue weighted by molar-refractivity contribution is 7.17. The van der Waals surface area contributed by atoms with Crippen molar-refractivity contribution in [2.45, 2.75) is 25.4 Å². The zero-order valence-electron chi connectivity index (χ0n) is 16.6. The van der Waals surface area contributed by atoms with Gasteiger partial charge in [0, 0.05) is 49.5 Å². The van der Waals surface area contributed by atoms with Crippen LogP contribution in [0.1, 0.15) is 18.4 Å². The molecule has 0 bridgehead atoms. The van der Waals surface area contributed by atoms with Crippen LogP contribution in [-0.2, 0) is 11.3 Å². The van der Waals surface area contributed by atoms with Crippen LogP contribution in [0.3, 0.4) is 0 Å². The molecule has 2 fully saturated rings. The maximum absolute atomic E-state index is 5.46. The first-order valence-corrected chi connectivity index (χ1v) is 11.3. The van der Waals surface area contributed by atoms with Gasteiger partial charge in [0.2, 0.25) is 0 Å². The molecule has 0 saturated carbocycles. The molecule has 152 valence electrons. The molecule has 1 N–H and O–H groups in total. The Bertz CT molecular complexity index is 955. The molecule has 1 atom stereocenters. The summed E-state index contributed by atoms with van der Waals surface area (Å²) in [5.74, 6) is 2.05. The van der Waals surface area contributed by atoms with Crippen LogP contribution >= 0.6 is 11.3 Å². The van der Waals surface area contributed by atoms with E-state index in [1.807, 2.05) is 11.3 Å². The molecule has 2 aliphatic heterocycles. The van der Waals surface area contributed by atoms with Crippen molar-refractivity contribution in [3.63, 3.8) is 0 Å². The van der Waals surface area contributed by atoms with Crippen LogP contribution in [-0.4, -0.2) is 55.4 Å². The Morgan fingerprint density at radius 1 is 1.07 bits per heavy atom. The number of hydrogen-bond donors (Lipinski definition) is 1. The molecule has 4 heterocycles. The van der Waals surface area contributed by atoms with Gasteiger partial charge in [-0.25, -0.2) is 9.97 Å². The minimum atomic E-state index is 0.476. The van der Waals surface area contributed by atoms with E-state index in [1.54, 1.807) is 6.33 Å². The number of anilines is 2. The van der Waals surface area contributed by atoms with Crippen molar-refractivity contribution in [2.24, 2.45) is 0 Å². The van der Waals surface area contributed by atoms with Crippen LogP contribution in [0.2, 0.25) is 0 Å². The number of morpholine rings is 1. The van der Waals surface area contributed by atoms with Gasteiger partial charge in [-0.15, -0.1) is 11.3 Å². The van der Waals surface area contributed by atoms with Gasteiger partial charge < -0.3 is 19.9 Å². The number of aromatic nitrogens is 2. The van der Waals surface area contributed by atoms with Crippen LogP contribution in [0.25, 0.3) is 10.1 Å². The van der Waals surface area contributed by atoms with Crippen molar-refractivity contribution in [1.29, 1.82) is 0 Å². The number of hydrogen-bond acceptors (Lipinski definition) is 7. The highest BCUT2D eigenvalue weighted by Gasteiger charge is 2.22. The SMILES string of the molecule is c1ccc2c(CNC3CCCN(c4cc(N5CCOCC5)ncn4)C3)csc2c1. The second-order valence-corrected chi connectivity index (χ2v) is 8.67. The standard InChI is InChI=1S/C22H27N5OS/c1-2-6-20-19(5-1)17(15-29-20)13-23-18-4-3-7-27(14-18)22-12-21(24-16-25-22)26-8-10-28-11-9-26/h1-2,5-6,12,15-16,18,23H,3-4,7-11,13-14H2. The number of nitrogens with zero attached hydrogens (tertiary/aromatic N) is 4. The summed E-state index contributed by atoms with van der Waals surface area (Å²) in [6.07, 6.45) is 4.09. The lowest BCUT2D eigenvalue weighted by atomic mass is 10.0. The second kappa shape index (κ2) is 8.65. The van der Waals surface area contributed by atoms with Crippen molar-refractivity contribution in [1.82, 2.24) is 15.3 Å². The first-order chi connectivity index (χ1) is 14.4. The van der Waals surface area contributed by atoms with Gasteiger partial charge in [-0.3, -0.25) is 0 Å². The number of rotatable bonds is 5. The smallest absolute Gasteiger partial charge is 0.134 e. The maximum Gasteiger partial charge on any atom is 0.134 e. The van der Waals surface area contributed by atoms with Crippen LogP contribution in [0.5, 0.6) is 0 Å². The molecule has 2 aliphatic rings. The van der Waals surface area contributed by atoms with Crippen molar-refractivity contribution < 1.29 is 4.74 Å². The summed E-state index contributed by atoms with van der Waals surface area (Å²) < 4.78 is 6.83. The number of piperidine rings is 1. The molecule has 1 aromatic carbocycles. The lowest BCUT2D eigenvalue weighted by Crippen LogP contribution is -2.46. The van der Waals surface area contributed by atoms with Crippen molar-refractivity contribution >= 4 is 33.1 Å². The molecule has 0 spiro atoms. The molecular formula is C22H27N5OS. The molecule has 1 unspecified atom stereocenters. The summed E-state index contributed by atoms with van der Waals surface area (Å²) in [5.41, 5.74) is 1.40. The fraction of sp³-hybridized carbons (Fsp3) is 0.455. The number of ether oxygens (including phenoxy) is 1. The summed E-state index contributed by atoms with van der Waals surface area (Å²) in [4.78, 5) is 13.8. The number of thiophene rings is 1. The monoisotopic (exact) mass is 409 g/mol. The molecule has 2 aromatic heterocycles. The Morgan fingerprint density at radius 2 is 1.90 bits per heavy atom. The topological polar surface area (TPSA) is 53.5 Å². The third-order valence-corrected chi connectivity index (χ3v) is 6.87. The number of benzene rings is 1. The van der Waals surface area contributed by atoms with E-state index in [0.29, 0.717) is 6.04 Å². The summed E-state index contributed by atoms with van der Waals surface area (Å²) in [6, 6.07) is 11.3. The lowest BCUT2D eigenvalue weighted by Gasteiger charge is -2.35. The molecule has 5 rings (SSSR count). The van der Waals surface area contributed by atoms with Gasteiger partial charge in [0.05, 0.1) is 13.2 Å². The van der Waals surface area contributed by atoms with Gasteiger partial charge in [0.25, 0.3) is 0 Å². The summed E-state index contributed by atoms with van der Waals surface area (Å²) in [5, 5.41) is 7.46. The van der Waals surface area contributed by atoms with E-state index >= 15 is 0 Å². The first-order valence-electron chi connectivity index (χ1n) is 10.4. The van der Waals surface area contributed by atoms with E-state index in [0.717, 1.165) is 57.6 Å². The predicted octanol–water partition coefficient (Wildman–Crippen LogP) is 3.29. The largest absolute Gasteiger partial charge is 0.378 e. The Hall–Kier alpha value is -2.22. The number of fused-ring (bicyclic) bond motifs is 1. The molecule has 0 amide bonds. The molecule has 7 heteroatoms. The normalized spacial score (nSPS) is 20.3. The highest BCUT2D eigenvalue weighted by Crippen LogP contribution is 2.26. The first kappa shape index (κ1) is 18.8. The fourth-order valence-corrected chi connectivity index (χ4v) is 5.21. The highest BCUT2D eigenvalue weighted by atomic mass is 32.1. The second-order valence-electron chi connectivity index (χ2n) is 7.76. The van der Waals surface area contributed by atoms with Crippen LogP contribution < -0.4 is 15.1 Å². The van der Waals surface area contributed by atoms with Gasteiger partial charge >= 0.3 is 0 Å². The predicted molar refractivity (Wildman–Crippen MR) is 119 cm³/mol. The van der Waals surface area contributed by atoms with Crippen LogP contribution in [0.15, 0.2) is 42.0 Å². The van der Waals surface area contributed by atoms with E-state index in [1.165, 1.54) is 28.5 Å². The van der Waals surface area contributed by atoms with E-state index < -0.39 is 0 Å². The minimum absolute atomic E-state index is 0.476. The summed E-state index contributed by atoms with van der Waals surface area (Å²) in [7, 11) is 0. The van der Waals surface area contributed by atoms with E-state index in [9.17, 15) is 0 Å². The molecule has 0 aliphatic carbocycles. The molecule has 2 saturated heterocycles. The average molecular weight is 410 g/mol. The lowest BCUT2D eigenvalue weighted by molar-refractivity contribution is 0.122. The Labute approximate surface area is 175 Å². The third kappa shape index (κ3) is 4.22. The third-order valence-electron chi connectivity index (χ3n) is 5.86. The van der Waals surface area contributed by atoms with Crippen molar-refractivity contribution in [3.8, 4) is 0 Å². The van der Waals surface area contributed by atoms with Gasteiger partial charge in [-0.2, -0.15) is 0 Å². The Morgan fingerprint density at radius 3 is 2.79 bits per heavy atom. The van der Waals surface area contributed by atoms with Crippen LogP contribution in [0, 0.1) is 0 Å². The molecule has 29 heavy (non-hydrogen) atoms. The number of nitrogens with one attached hydrogen (secondary N) is 1. The molecule has 3 aromatic rings. The summed E-state index contributed by atoms with van der Waals surface area (Å²) in [6.45, 7) is 6.30. The van der Waals surface area contributed by atoms with Crippen molar-refractivity contribution in [2.75, 3.05) is 49.2 Å². The van der Waals surface area contributed by atoms with E-state index in [-0.39, 0.29) is 0 Å². The van der Waals surface area contributed by atoms with Gasteiger partial charge in [-0.1, -0.05) is 18.2 Å². The average Bonchev–Trinajstić information content (AvgIpc) is 3.22. The van der Waals surface area contributed by atoms with Gasteiger partial charge in [0.15, 0.2) is 0 Å². The van der Waals surface area contributed by atoms with Crippen LogP contribution in [0.4, 0.5) is 11.6 Å². The molecule has 6 nitrogen and oxygen atoms in total. The minimum Gasteiger partial charge on any atom is -0.378 e. The molecule has 0 radical (unpaired) electrons. The fourth-order valence-electron chi connectivity index (χ4n) is 4.25. The van der Waals surface area contributed by atoms with Gasteiger partial charge in [-0.05, 0) is 35.2 Å². The van der Waals surface area contributed by atoms with E-state index in [2.05, 4.69) is 60.8 Å². The molecular weight excluding hydrogens is 382 g/mol.